The zero-order valence-electron chi connectivity index (χ0n) is 10.9. The summed E-state index contributed by atoms with van der Waals surface area (Å²) in [6, 6.07) is 7.58. The van der Waals surface area contributed by atoms with Crippen molar-refractivity contribution in [3.63, 3.8) is 0 Å². The van der Waals surface area contributed by atoms with E-state index in [0.717, 1.165) is 27.2 Å². The van der Waals surface area contributed by atoms with Gasteiger partial charge in [-0.05, 0) is 31.2 Å². The van der Waals surface area contributed by atoms with Gasteiger partial charge in [0.2, 0.25) is 0 Å². The molecule has 2 rings (SSSR count). The van der Waals surface area contributed by atoms with Gasteiger partial charge in [0.05, 0.1) is 23.6 Å². The third-order valence-corrected chi connectivity index (χ3v) is 4.73. The molecule has 0 atom stereocenters. The minimum absolute atomic E-state index is 0.621. The van der Waals surface area contributed by atoms with E-state index in [1.807, 2.05) is 31.2 Å². The maximum atomic E-state index is 5.65. The number of anilines is 1. The van der Waals surface area contributed by atoms with E-state index >= 15 is 0 Å². The van der Waals surface area contributed by atoms with Gasteiger partial charge in [0.1, 0.15) is 11.5 Å². The number of methoxy groups -OCH3 is 1. The molecule has 0 unspecified atom stereocenters. The lowest BCUT2D eigenvalue weighted by atomic mass is 10.3. The van der Waals surface area contributed by atoms with Crippen LogP contribution in [-0.2, 0) is 0 Å². The lowest BCUT2D eigenvalue weighted by Gasteiger charge is -2.06. The Hall–Kier alpha value is -1.40. The SMILES string of the molecule is COc1ccc(OCCSc2sc(N)nc2C)cc1. The van der Waals surface area contributed by atoms with Crippen LogP contribution in [-0.4, -0.2) is 24.5 Å². The molecule has 0 amide bonds. The second kappa shape index (κ2) is 6.68. The zero-order valence-corrected chi connectivity index (χ0v) is 12.5. The van der Waals surface area contributed by atoms with Crippen LogP contribution in [0.25, 0.3) is 0 Å². The maximum Gasteiger partial charge on any atom is 0.181 e. The fraction of sp³-hybridized carbons (Fsp3) is 0.308. The topological polar surface area (TPSA) is 57.4 Å². The Morgan fingerprint density at radius 3 is 2.53 bits per heavy atom. The van der Waals surface area contributed by atoms with Crippen molar-refractivity contribution in [2.45, 2.75) is 11.1 Å². The van der Waals surface area contributed by atoms with Gasteiger partial charge < -0.3 is 15.2 Å². The van der Waals surface area contributed by atoms with E-state index in [2.05, 4.69) is 4.98 Å². The van der Waals surface area contributed by atoms with Crippen molar-refractivity contribution < 1.29 is 9.47 Å². The summed E-state index contributed by atoms with van der Waals surface area (Å²) in [5.41, 5.74) is 6.65. The summed E-state index contributed by atoms with van der Waals surface area (Å²) < 4.78 is 11.9. The van der Waals surface area contributed by atoms with Gasteiger partial charge in [0.15, 0.2) is 5.13 Å². The third kappa shape index (κ3) is 4.04. The molecule has 0 spiro atoms. The minimum Gasteiger partial charge on any atom is -0.497 e. The standard InChI is InChI=1S/C13H16N2O2S2/c1-9-12(19-13(14)15-9)18-8-7-17-11-5-3-10(16-2)4-6-11/h3-6H,7-8H2,1-2H3,(H2,14,15). The van der Waals surface area contributed by atoms with Crippen molar-refractivity contribution in [3.8, 4) is 11.5 Å². The first kappa shape index (κ1) is 14.0. The van der Waals surface area contributed by atoms with Crippen LogP contribution in [0.15, 0.2) is 28.5 Å². The quantitative estimate of drug-likeness (QED) is 0.655. The highest BCUT2D eigenvalue weighted by atomic mass is 32.2. The highest BCUT2D eigenvalue weighted by molar-refractivity contribution is 8.01. The van der Waals surface area contributed by atoms with Gasteiger partial charge >= 0.3 is 0 Å². The fourth-order valence-electron chi connectivity index (χ4n) is 1.50. The Balaban J connectivity index is 1.75. The van der Waals surface area contributed by atoms with E-state index in [4.69, 9.17) is 15.2 Å². The van der Waals surface area contributed by atoms with Gasteiger partial charge in [-0.1, -0.05) is 11.3 Å². The van der Waals surface area contributed by atoms with Gasteiger partial charge in [-0.2, -0.15) is 0 Å². The zero-order chi connectivity index (χ0) is 13.7. The molecule has 0 radical (unpaired) electrons. The van der Waals surface area contributed by atoms with E-state index in [1.54, 1.807) is 18.9 Å². The summed E-state index contributed by atoms with van der Waals surface area (Å²) in [4.78, 5) is 4.19. The number of nitrogens with two attached hydrogens (primary N) is 1. The predicted octanol–water partition coefficient (Wildman–Crippen LogP) is 3.21. The second-order valence-electron chi connectivity index (χ2n) is 3.80. The lowest BCUT2D eigenvalue weighted by molar-refractivity contribution is 0.342. The number of thiazole rings is 1. The summed E-state index contributed by atoms with van der Waals surface area (Å²) >= 11 is 3.24. The van der Waals surface area contributed by atoms with Crippen molar-refractivity contribution in [3.05, 3.63) is 30.0 Å². The van der Waals surface area contributed by atoms with Gasteiger partial charge in [-0.25, -0.2) is 4.98 Å². The van der Waals surface area contributed by atoms with E-state index in [-0.39, 0.29) is 0 Å². The molecule has 1 heterocycles. The summed E-state index contributed by atoms with van der Waals surface area (Å²) in [5.74, 6) is 2.55. The maximum absolute atomic E-state index is 5.65. The van der Waals surface area contributed by atoms with Crippen LogP contribution < -0.4 is 15.2 Å². The van der Waals surface area contributed by atoms with Gasteiger partial charge in [0, 0.05) is 5.75 Å². The number of nitrogens with zero attached hydrogens (tertiary/aromatic N) is 1. The van der Waals surface area contributed by atoms with Crippen LogP contribution in [0.4, 0.5) is 5.13 Å². The number of hydrogen-bond acceptors (Lipinski definition) is 6. The number of aromatic nitrogens is 1. The number of benzene rings is 1. The largest absolute Gasteiger partial charge is 0.497 e. The Morgan fingerprint density at radius 1 is 1.26 bits per heavy atom. The van der Waals surface area contributed by atoms with Crippen LogP contribution in [0.2, 0.25) is 0 Å². The summed E-state index contributed by atoms with van der Waals surface area (Å²) in [5, 5.41) is 0.621. The van der Waals surface area contributed by atoms with Crippen LogP contribution in [0.3, 0.4) is 0 Å². The molecule has 6 heteroatoms. The number of ether oxygens (including phenoxy) is 2. The molecule has 0 aliphatic rings. The van der Waals surface area contributed by atoms with Crippen molar-refractivity contribution in [2.75, 3.05) is 25.2 Å². The van der Waals surface area contributed by atoms with E-state index in [9.17, 15) is 0 Å². The third-order valence-electron chi connectivity index (χ3n) is 2.42. The first-order valence-corrected chi connectivity index (χ1v) is 7.62. The highest BCUT2D eigenvalue weighted by Crippen LogP contribution is 2.30. The summed E-state index contributed by atoms with van der Waals surface area (Å²) in [7, 11) is 1.65. The summed E-state index contributed by atoms with van der Waals surface area (Å²) in [6.07, 6.45) is 0. The Bertz CT molecular complexity index is 526. The summed E-state index contributed by atoms with van der Waals surface area (Å²) in [6.45, 7) is 2.62. The van der Waals surface area contributed by atoms with E-state index in [1.165, 1.54) is 11.3 Å². The van der Waals surface area contributed by atoms with Gasteiger partial charge in [-0.3, -0.25) is 0 Å². The molecule has 2 N–H and O–H groups in total. The molecular formula is C13H16N2O2S2. The molecular weight excluding hydrogens is 280 g/mol. The first-order valence-electron chi connectivity index (χ1n) is 5.81. The average molecular weight is 296 g/mol. The van der Waals surface area contributed by atoms with E-state index in [0.29, 0.717) is 11.7 Å². The smallest absolute Gasteiger partial charge is 0.181 e. The minimum atomic E-state index is 0.621. The molecule has 0 saturated heterocycles. The van der Waals surface area contributed by atoms with Gasteiger partial charge in [0.25, 0.3) is 0 Å². The average Bonchev–Trinajstić information content (AvgIpc) is 2.74. The highest BCUT2D eigenvalue weighted by Gasteiger charge is 2.05. The molecule has 0 aliphatic heterocycles. The Kier molecular flexibility index (Phi) is 4.93. The number of thioether (sulfide) groups is 1. The molecule has 1 aromatic heterocycles. The number of nitrogen functional groups attached to an aromatic ring is 1. The molecule has 0 bridgehead atoms. The fourth-order valence-corrected chi connectivity index (χ4v) is 3.42. The normalized spacial score (nSPS) is 10.4. The molecule has 0 aliphatic carbocycles. The van der Waals surface area contributed by atoms with Crippen molar-refractivity contribution in [2.24, 2.45) is 0 Å². The number of rotatable bonds is 6. The van der Waals surface area contributed by atoms with Gasteiger partial charge in [-0.15, -0.1) is 11.8 Å². The predicted molar refractivity (Wildman–Crippen MR) is 80.5 cm³/mol. The Morgan fingerprint density at radius 2 is 1.95 bits per heavy atom. The van der Waals surface area contributed by atoms with Crippen molar-refractivity contribution >= 4 is 28.2 Å². The van der Waals surface area contributed by atoms with E-state index < -0.39 is 0 Å². The van der Waals surface area contributed by atoms with Crippen LogP contribution in [0.1, 0.15) is 5.69 Å². The van der Waals surface area contributed by atoms with Crippen molar-refractivity contribution in [1.82, 2.24) is 4.98 Å². The van der Waals surface area contributed by atoms with Crippen LogP contribution in [0.5, 0.6) is 11.5 Å². The molecule has 0 saturated carbocycles. The molecule has 0 fully saturated rings. The number of aryl methyl sites for hydroxylation is 1. The molecule has 4 nitrogen and oxygen atoms in total. The molecule has 102 valence electrons. The molecule has 2 aromatic rings. The van der Waals surface area contributed by atoms with Crippen LogP contribution >= 0.6 is 23.1 Å². The van der Waals surface area contributed by atoms with Crippen LogP contribution in [0, 0.1) is 6.92 Å². The first-order chi connectivity index (χ1) is 9.19. The molecule has 19 heavy (non-hydrogen) atoms. The Labute approximate surface area is 120 Å². The molecule has 1 aromatic carbocycles. The monoisotopic (exact) mass is 296 g/mol. The van der Waals surface area contributed by atoms with Crippen molar-refractivity contribution in [1.29, 1.82) is 0 Å². The number of hydrogen-bond donors (Lipinski definition) is 1. The second-order valence-corrected chi connectivity index (χ2v) is 6.19. The lowest BCUT2D eigenvalue weighted by Crippen LogP contribution is -1.99.